The summed E-state index contributed by atoms with van der Waals surface area (Å²) >= 11 is 0. The van der Waals surface area contributed by atoms with E-state index in [4.69, 9.17) is 18.9 Å². The predicted molar refractivity (Wildman–Crippen MR) is 153 cm³/mol. The van der Waals surface area contributed by atoms with E-state index in [0.29, 0.717) is 54.4 Å². The highest BCUT2D eigenvalue weighted by Crippen LogP contribution is 2.22. The molecule has 0 aliphatic heterocycles. The maximum atomic E-state index is 12.7. The lowest BCUT2D eigenvalue weighted by atomic mass is 10.1. The van der Waals surface area contributed by atoms with Crippen molar-refractivity contribution in [2.75, 3.05) is 13.2 Å². The fraction of sp³-hybridized carbons (Fsp3) is 0.303. The van der Waals surface area contributed by atoms with Gasteiger partial charge in [0.2, 0.25) is 0 Å². The second-order valence-corrected chi connectivity index (χ2v) is 9.31. The first-order valence-electron chi connectivity index (χ1n) is 13.6. The first kappa shape index (κ1) is 30.2. The van der Waals surface area contributed by atoms with Crippen LogP contribution in [-0.4, -0.2) is 31.1 Å². The fourth-order valence-corrected chi connectivity index (χ4v) is 3.85. The van der Waals surface area contributed by atoms with Crippen molar-refractivity contribution >= 4 is 17.9 Å². The molecule has 0 spiro atoms. The van der Waals surface area contributed by atoms with Gasteiger partial charge in [-0.1, -0.05) is 38.5 Å². The Morgan fingerprint density at radius 3 is 1.98 bits per heavy atom. The summed E-state index contributed by atoms with van der Waals surface area (Å²) in [7, 11) is 0. The van der Waals surface area contributed by atoms with Gasteiger partial charge in [0.15, 0.2) is 0 Å². The number of hydrogen-bond donors (Lipinski definition) is 0. The van der Waals surface area contributed by atoms with Crippen molar-refractivity contribution in [3.05, 3.63) is 102 Å². The summed E-state index contributed by atoms with van der Waals surface area (Å²) in [6.45, 7) is 8.14. The van der Waals surface area contributed by atoms with Crippen LogP contribution < -0.4 is 14.2 Å². The molecule has 0 fully saturated rings. The molecule has 0 radical (unpaired) electrons. The van der Waals surface area contributed by atoms with Crippen molar-refractivity contribution in [2.24, 2.45) is 0 Å². The zero-order valence-electron chi connectivity index (χ0n) is 23.1. The lowest BCUT2D eigenvalue weighted by molar-refractivity contribution is -0.137. The summed E-state index contributed by atoms with van der Waals surface area (Å²) in [6, 6.07) is 18.9. The third kappa shape index (κ3) is 9.73. The van der Waals surface area contributed by atoms with Crippen molar-refractivity contribution in [3.63, 3.8) is 0 Å². The van der Waals surface area contributed by atoms with Gasteiger partial charge in [-0.3, -0.25) is 0 Å². The molecule has 7 heteroatoms. The molecule has 3 aromatic rings. The average Bonchev–Trinajstić information content (AvgIpc) is 2.96. The Morgan fingerprint density at radius 2 is 1.35 bits per heavy atom. The van der Waals surface area contributed by atoms with Crippen molar-refractivity contribution < 1.29 is 33.3 Å². The van der Waals surface area contributed by atoms with Crippen LogP contribution in [0.3, 0.4) is 0 Å². The number of benzene rings is 3. The number of esters is 3. The normalized spacial score (nSPS) is 10.4. The highest BCUT2D eigenvalue weighted by Gasteiger charge is 2.13. The van der Waals surface area contributed by atoms with Crippen LogP contribution >= 0.6 is 0 Å². The zero-order valence-corrected chi connectivity index (χ0v) is 23.1. The van der Waals surface area contributed by atoms with Crippen LogP contribution in [0.1, 0.15) is 70.9 Å². The molecule has 0 heterocycles. The van der Waals surface area contributed by atoms with Crippen molar-refractivity contribution in [3.8, 4) is 17.2 Å². The number of unbranched alkanes of at least 4 members (excludes halogenated alkanes) is 3. The molecule has 0 aliphatic rings. The summed E-state index contributed by atoms with van der Waals surface area (Å²) in [4.78, 5) is 36.2. The van der Waals surface area contributed by atoms with Gasteiger partial charge < -0.3 is 18.9 Å². The van der Waals surface area contributed by atoms with Gasteiger partial charge >= 0.3 is 17.9 Å². The SMILES string of the molecule is C=CC(=O)OCCCCOc1ccc(C(=O)Oc2ccc(C(=O)Oc3ccc(CCCCC)cc3)cc2)cc1C. The molecule has 210 valence electrons. The van der Waals surface area contributed by atoms with E-state index in [9.17, 15) is 14.4 Å². The molecule has 7 nitrogen and oxygen atoms in total. The van der Waals surface area contributed by atoms with E-state index >= 15 is 0 Å². The Balaban J connectivity index is 1.46. The molecule has 0 aromatic heterocycles. The number of aryl methyl sites for hydroxylation is 2. The summed E-state index contributed by atoms with van der Waals surface area (Å²) in [6.07, 6.45) is 7.05. The fourth-order valence-electron chi connectivity index (χ4n) is 3.85. The maximum absolute atomic E-state index is 12.7. The molecule has 40 heavy (non-hydrogen) atoms. The van der Waals surface area contributed by atoms with Crippen LogP contribution in [-0.2, 0) is 16.0 Å². The molecule has 3 rings (SSSR count). The second kappa shape index (κ2) is 15.9. The number of carbonyl (C=O) groups is 3. The Labute approximate surface area is 235 Å². The minimum Gasteiger partial charge on any atom is -0.493 e. The molecule has 0 aliphatic carbocycles. The van der Waals surface area contributed by atoms with Crippen LogP contribution in [0.2, 0.25) is 0 Å². The van der Waals surface area contributed by atoms with Gasteiger partial charge in [0.05, 0.1) is 24.3 Å². The van der Waals surface area contributed by atoms with Crippen LogP contribution in [0.15, 0.2) is 79.4 Å². The maximum Gasteiger partial charge on any atom is 0.343 e. The second-order valence-electron chi connectivity index (χ2n) is 9.31. The largest absolute Gasteiger partial charge is 0.493 e. The van der Waals surface area contributed by atoms with Crippen LogP contribution in [0.4, 0.5) is 0 Å². The molecule has 3 aromatic carbocycles. The van der Waals surface area contributed by atoms with E-state index in [1.807, 2.05) is 19.1 Å². The van der Waals surface area contributed by atoms with E-state index < -0.39 is 17.9 Å². The highest BCUT2D eigenvalue weighted by atomic mass is 16.5. The first-order chi connectivity index (χ1) is 19.4. The van der Waals surface area contributed by atoms with Gasteiger partial charge in [-0.2, -0.15) is 0 Å². The third-order valence-corrected chi connectivity index (χ3v) is 6.12. The molecule has 0 unspecified atom stereocenters. The van der Waals surface area contributed by atoms with E-state index in [0.717, 1.165) is 24.5 Å². The molecule has 0 N–H and O–H groups in total. The minimum absolute atomic E-state index is 0.313. The van der Waals surface area contributed by atoms with Crippen molar-refractivity contribution in [2.45, 2.75) is 52.4 Å². The van der Waals surface area contributed by atoms with Crippen LogP contribution in [0.5, 0.6) is 17.2 Å². The first-order valence-corrected chi connectivity index (χ1v) is 13.6. The number of carbonyl (C=O) groups excluding carboxylic acids is 3. The molecule has 0 amide bonds. The van der Waals surface area contributed by atoms with Gasteiger partial charge in [-0.15, -0.1) is 0 Å². The summed E-state index contributed by atoms with van der Waals surface area (Å²) in [5.74, 6) is 0.0130. The van der Waals surface area contributed by atoms with Gasteiger partial charge in [0.25, 0.3) is 0 Å². The lowest BCUT2D eigenvalue weighted by Crippen LogP contribution is -2.11. The molecule has 0 saturated carbocycles. The standard InChI is InChI=1S/C33H36O7/c1-4-6-7-10-25-11-16-28(17-12-25)39-32(35)26-13-18-29(19-14-26)40-33(36)27-15-20-30(24(3)23-27)37-21-8-9-22-38-31(34)5-2/h5,11-20,23H,2,4,6-10,21-22H2,1,3H3. The Morgan fingerprint density at radius 1 is 0.750 bits per heavy atom. The van der Waals surface area contributed by atoms with Gasteiger partial charge in [0, 0.05) is 6.08 Å². The van der Waals surface area contributed by atoms with Gasteiger partial charge in [-0.05, 0) is 98.3 Å². The molecule has 0 bridgehead atoms. The van der Waals surface area contributed by atoms with E-state index in [1.165, 1.54) is 18.4 Å². The quantitative estimate of drug-likeness (QED) is 0.0876. The molecular formula is C33H36O7. The van der Waals surface area contributed by atoms with Crippen LogP contribution in [0.25, 0.3) is 0 Å². The molecule has 0 saturated heterocycles. The summed E-state index contributed by atoms with van der Waals surface area (Å²) in [5.41, 5.74) is 2.74. The average molecular weight is 545 g/mol. The smallest absolute Gasteiger partial charge is 0.343 e. The molecule has 0 atom stereocenters. The summed E-state index contributed by atoms with van der Waals surface area (Å²) in [5, 5.41) is 0. The Kier molecular flexibility index (Phi) is 12.0. The minimum atomic E-state index is -0.520. The Bertz CT molecular complexity index is 1280. The monoisotopic (exact) mass is 544 g/mol. The topological polar surface area (TPSA) is 88.1 Å². The van der Waals surface area contributed by atoms with Crippen molar-refractivity contribution in [1.29, 1.82) is 0 Å². The Hall–Kier alpha value is -4.39. The highest BCUT2D eigenvalue weighted by molar-refractivity contribution is 5.93. The van der Waals surface area contributed by atoms with Gasteiger partial charge in [-0.25, -0.2) is 14.4 Å². The van der Waals surface area contributed by atoms with Crippen LogP contribution in [0, 0.1) is 6.92 Å². The zero-order chi connectivity index (χ0) is 28.7. The summed E-state index contributed by atoms with van der Waals surface area (Å²) < 4.78 is 21.7. The van der Waals surface area contributed by atoms with E-state index in [-0.39, 0.29) is 0 Å². The van der Waals surface area contributed by atoms with E-state index in [2.05, 4.69) is 13.5 Å². The lowest BCUT2D eigenvalue weighted by Gasteiger charge is -2.11. The van der Waals surface area contributed by atoms with E-state index in [1.54, 1.807) is 54.6 Å². The van der Waals surface area contributed by atoms with Crippen molar-refractivity contribution in [1.82, 2.24) is 0 Å². The molecular weight excluding hydrogens is 508 g/mol. The number of rotatable bonds is 15. The third-order valence-electron chi connectivity index (χ3n) is 6.12. The number of ether oxygens (including phenoxy) is 4. The number of hydrogen-bond acceptors (Lipinski definition) is 7. The van der Waals surface area contributed by atoms with Gasteiger partial charge in [0.1, 0.15) is 17.2 Å². The predicted octanol–water partition coefficient (Wildman–Crippen LogP) is 7.05.